The Labute approximate surface area is 78.2 Å². The Morgan fingerprint density at radius 1 is 1.23 bits per heavy atom. The molecule has 5 nitrogen and oxygen atoms in total. The molecule has 1 rings (SSSR count). The molecule has 1 fully saturated rings. The Morgan fingerprint density at radius 2 is 1.54 bits per heavy atom. The van der Waals surface area contributed by atoms with Crippen molar-refractivity contribution in [1.82, 2.24) is 6.15 Å². The summed E-state index contributed by atoms with van der Waals surface area (Å²) in [4.78, 5) is 20.5. The molecular weight excluding hydrogens is 172 g/mol. The van der Waals surface area contributed by atoms with Gasteiger partial charge in [-0.3, -0.25) is 9.59 Å². The molecule has 0 aromatic heterocycles. The summed E-state index contributed by atoms with van der Waals surface area (Å²) in [6, 6.07) is 0.333. The van der Waals surface area contributed by atoms with E-state index >= 15 is 0 Å². The van der Waals surface area contributed by atoms with Gasteiger partial charge in [-0.25, -0.2) is 0 Å². The van der Waals surface area contributed by atoms with Gasteiger partial charge in [0.2, 0.25) is 0 Å². The van der Waals surface area contributed by atoms with Gasteiger partial charge in [0.1, 0.15) is 0 Å². The highest BCUT2D eigenvalue weighted by atomic mass is 16.6. The van der Waals surface area contributed by atoms with Gasteiger partial charge >= 0.3 is 11.9 Å². The number of carbonyl (C=O) groups excluding carboxylic acids is 2. The molecule has 0 aliphatic carbocycles. The smallest absolute Gasteiger partial charge is 0.313 e. The van der Waals surface area contributed by atoms with Gasteiger partial charge in [-0.1, -0.05) is 13.8 Å². The largest absolute Gasteiger partial charge is 0.393 e. The molecule has 0 aromatic carbocycles. The van der Waals surface area contributed by atoms with E-state index in [1.54, 1.807) is 0 Å². The average Bonchev–Trinajstić information content (AvgIpc) is 1.84. The first kappa shape index (κ1) is 14.6. The average molecular weight is 190 g/mol. The van der Waals surface area contributed by atoms with Crippen molar-refractivity contribution >= 4 is 11.9 Å². The fraction of sp³-hybridized carbons (Fsp3) is 0.750. The van der Waals surface area contributed by atoms with Crippen molar-refractivity contribution in [2.24, 2.45) is 5.73 Å². The maximum absolute atomic E-state index is 10.2. The molecule has 0 spiro atoms. The van der Waals surface area contributed by atoms with Gasteiger partial charge in [0.15, 0.2) is 0 Å². The Bertz CT molecular complexity index is 152. The van der Waals surface area contributed by atoms with E-state index in [4.69, 9.17) is 5.73 Å². The molecule has 0 unspecified atom stereocenters. The Hall–Kier alpha value is -0.940. The number of rotatable bonds is 0. The maximum atomic E-state index is 10.2. The topological polar surface area (TPSA) is 104 Å². The number of cyclic esters (lactones) is 2. The minimum Gasteiger partial charge on any atom is -0.393 e. The molecule has 0 atom stereocenters. The third-order valence-corrected chi connectivity index (χ3v) is 0.989. The summed E-state index contributed by atoms with van der Waals surface area (Å²) >= 11 is 0. The minimum absolute atomic E-state index is 0. The van der Waals surface area contributed by atoms with E-state index < -0.39 is 0 Å². The van der Waals surface area contributed by atoms with Gasteiger partial charge < -0.3 is 16.6 Å². The number of esters is 2. The molecule has 0 amide bonds. The van der Waals surface area contributed by atoms with Crippen LogP contribution in [0.1, 0.15) is 33.1 Å². The molecule has 78 valence electrons. The van der Waals surface area contributed by atoms with E-state index in [2.05, 4.69) is 4.74 Å². The minimum atomic E-state index is -0.388. The van der Waals surface area contributed by atoms with Crippen LogP contribution in [0.15, 0.2) is 0 Å². The predicted molar refractivity (Wildman–Crippen MR) is 49.3 cm³/mol. The third-order valence-electron chi connectivity index (χ3n) is 0.989. The number of hydrogen-bond donors (Lipinski definition) is 2. The van der Waals surface area contributed by atoms with Crippen molar-refractivity contribution in [1.29, 1.82) is 0 Å². The normalized spacial score (nSPS) is 15.4. The lowest BCUT2D eigenvalue weighted by Gasteiger charge is -2.06. The molecule has 5 heteroatoms. The molecule has 0 radical (unpaired) electrons. The van der Waals surface area contributed by atoms with Gasteiger partial charge in [-0.15, -0.1) is 0 Å². The highest BCUT2D eigenvalue weighted by Crippen LogP contribution is 2.06. The highest BCUT2D eigenvalue weighted by Gasteiger charge is 2.15. The highest BCUT2D eigenvalue weighted by molar-refractivity contribution is 5.87. The monoisotopic (exact) mass is 190 g/mol. The quantitative estimate of drug-likeness (QED) is 0.433. The van der Waals surface area contributed by atoms with Gasteiger partial charge in [0.05, 0.1) is 0 Å². The molecule has 0 saturated carbocycles. The van der Waals surface area contributed by atoms with E-state index in [-0.39, 0.29) is 18.1 Å². The van der Waals surface area contributed by atoms with E-state index in [0.29, 0.717) is 25.3 Å². The lowest BCUT2D eigenvalue weighted by molar-refractivity contribution is -0.163. The number of ether oxygens (including phenoxy) is 1. The summed E-state index contributed by atoms with van der Waals surface area (Å²) in [7, 11) is 0. The van der Waals surface area contributed by atoms with Crippen LogP contribution in [-0.2, 0) is 14.3 Å². The van der Waals surface area contributed by atoms with E-state index in [0.717, 1.165) is 0 Å². The Kier molecular flexibility index (Phi) is 8.63. The zero-order chi connectivity index (χ0) is 9.56. The first-order chi connectivity index (χ1) is 5.52. The van der Waals surface area contributed by atoms with E-state index in [1.807, 2.05) is 13.8 Å². The SMILES string of the molecule is CC(C)N.N.O=C1CCCC(=O)O1. The van der Waals surface area contributed by atoms with Gasteiger partial charge in [0, 0.05) is 12.8 Å². The summed E-state index contributed by atoms with van der Waals surface area (Å²) in [6.07, 6.45) is 1.44. The van der Waals surface area contributed by atoms with Crippen molar-refractivity contribution in [2.45, 2.75) is 39.2 Å². The third kappa shape index (κ3) is 11.1. The van der Waals surface area contributed by atoms with Crippen LogP contribution >= 0.6 is 0 Å². The zero-order valence-electron chi connectivity index (χ0n) is 8.21. The second-order valence-electron chi connectivity index (χ2n) is 2.94. The number of nitrogens with two attached hydrogens (primary N) is 1. The molecule has 1 saturated heterocycles. The van der Waals surface area contributed by atoms with Crippen LogP contribution in [0.4, 0.5) is 0 Å². The van der Waals surface area contributed by atoms with Crippen LogP contribution < -0.4 is 11.9 Å². The standard InChI is InChI=1S/C5H6O3.C3H9N.H3N/c6-4-2-1-3-5(7)8-4;1-3(2)4;/h1-3H2;3H,4H2,1-2H3;1H3. The van der Waals surface area contributed by atoms with Crippen molar-refractivity contribution in [3.8, 4) is 0 Å². The van der Waals surface area contributed by atoms with E-state index in [9.17, 15) is 9.59 Å². The summed E-state index contributed by atoms with van der Waals surface area (Å²) in [6.45, 7) is 3.89. The first-order valence-electron chi connectivity index (χ1n) is 4.01. The molecule has 0 bridgehead atoms. The molecule has 1 aliphatic heterocycles. The van der Waals surface area contributed by atoms with Gasteiger partial charge in [0.25, 0.3) is 0 Å². The summed E-state index contributed by atoms with van der Waals surface area (Å²) in [5.41, 5.74) is 5.11. The number of carbonyl (C=O) groups is 2. The fourth-order valence-corrected chi connectivity index (χ4v) is 0.606. The van der Waals surface area contributed by atoms with Gasteiger partial charge in [-0.2, -0.15) is 0 Å². The lowest BCUT2D eigenvalue weighted by Crippen LogP contribution is -2.17. The van der Waals surface area contributed by atoms with Crippen LogP contribution in [-0.4, -0.2) is 18.0 Å². The van der Waals surface area contributed by atoms with Crippen molar-refractivity contribution in [2.75, 3.05) is 0 Å². The van der Waals surface area contributed by atoms with Gasteiger partial charge in [-0.05, 0) is 12.5 Å². The summed E-state index contributed by atoms with van der Waals surface area (Å²) in [5.74, 6) is -0.775. The van der Waals surface area contributed by atoms with Crippen LogP contribution in [0.3, 0.4) is 0 Å². The van der Waals surface area contributed by atoms with Crippen LogP contribution in [0.5, 0.6) is 0 Å². The second kappa shape index (κ2) is 7.70. The summed E-state index contributed by atoms with van der Waals surface area (Å²) < 4.78 is 4.21. The molecule has 5 N–H and O–H groups in total. The van der Waals surface area contributed by atoms with Crippen molar-refractivity contribution < 1.29 is 14.3 Å². The number of hydrogen-bond acceptors (Lipinski definition) is 5. The second-order valence-corrected chi connectivity index (χ2v) is 2.94. The van der Waals surface area contributed by atoms with Crippen LogP contribution in [0, 0.1) is 0 Å². The lowest BCUT2D eigenvalue weighted by atomic mass is 10.2. The van der Waals surface area contributed by atoms with E-state index in [1.165, 1.54) is 0 Å². The molecule has 1 heterocycles. The van der Waals surface area contributed by atoms with Crippen LogP contribution in [0.25, 0.3) is 0 Å². The predicted octanol–water partition coefficient (Wildman–Crippen LogP) is 0.756. The zero-order valence-corrected chi connectivity index (χ0v) is 8.21. The molecule has 13 heavy (non-hydrogen) atoms. The van der Waals surface area contributed by atoms with Crippen molar-refractivity contribution in [3.63, 3.8) is 0 Å². The van der Waals surface area contributed by atoms with Crippen LogP contribution in [0.2, 0.25) is 0 Å². The molecule has 0 aromatic rings. The Balaban J connectivity index is 0. The maximum Gasteiger partial charge on any atom is 0.313 e. The summed E-state index contributed by atoms with van der Waals surface area (Å²) in [5, 5.41) is 0. The Morgan fingerprint density at radius 3 is 1.69 bits per heavy atom. The molecular formula is C8H18N2O3. The fourth-order valence-electron chi connectivity index (χ4n) is 0.606. The molecule has 1 aliphatic rings. The van der Waals surface area contributed by atoms with Crippen molar-refractivity contribution in [3.05, 3.63) is 0 Å². The first-order valence-corrected chi connectivity index (χ1v) is 4.01.